The van der Waals surface area contributed by atoms with E-state index >= 15 is 0 Å². The molecule has 3 aliphatic carbocycles. The fraction of sp³-hybridized carbons (Fsp3) is 0.867. The van der Waals surface area contributed by atoms with Crippen LogP contribution in [0.4, 0.5) is 0 Å². The Hall–Kier alpha value is -0.380. The Morgan fingerprint density at radius 2 is 2.28 bits per heavy atom. The molecule has 7 atom stereocenters. The van der Waals surface area contributed by atoms with Gasteiger partial charge in [0.1, 0.15) is 0 Å². The molecule has 0 aromatic rings. The highest BCUT2D eigenvalue weighted by molar-refractivity contribution is 5.38. The predicted octanol–water partition coefficient (Wildman–Crippen LogP) is 1.83. The number of rotatable bonds is 1. The van der Waals surface area contributed by atoms with Crippen molar-refractivity contribution in [3.8, 4) is 0 Å². The van der Waals surface area contributed by atoms with Gasteiger partial charge in [0.05, 0.1) is 24.3 Å². The summed E-state index contributed by atoms with van der Waals surface area (Å²) in [5.74, 6) is 2.05. The largest absolute Gasteiger partial charge is 0.346 e. The second-order valence-corrected chi connectivity index (χ2v) is 7.05. The SMILES string of the molecule is CC1C[C@H]1C1COC2(C[C@H]3CCC=CC34NC24)O1. The number of ether oxygens (including phenoxy) is 2. The standard InChI is InChI=1S/C15H21NO2/c1-9-6-11(9)12-8-17-15(18-12)7-10-4-2-3-5-14(10)13(15)16-14/h3,5,9-13,16H,2,4,6-8H2,1H3/t9?,10-,11-,12?,13?,14?,15?/m1/s1. The van der Waals surface area contributed by atoms with E-state index in [0.29, 0.717) is 12.1 Å². The van der Waals surface area contributed by atoms with Crippen LogP contribution < -0.4 is 5.32 Å². The predicted molar refractivity (Wildman–Crippen MR) is 67.0 cm³/mol. The summed E-state index contributed by atoms with van der Waals surface area (Å²) in [6.07, 6.45) is 10.0. The van der Waals surface area contributed by atoms with Gasteiger partial charge in [0, 0.05) is 6.42 Å². The Morgan fingerprint density at radius 3 is 3.06 bits per heavy atom. The molecule has 4 fully saturated rings. The van der Waals surface area contributed by atoms with Crippen LogP contribution in [0.1, 0.15) is 32.6 Å². The molecule has 0 aromatic heterocycles. The monoisotopic (exact) mass is 247 g/mol. The first-order valence-electron chi connectivity index (χ1n) is 7.51. The van der Waals surface area contributed by atoms with E-state index in [-0.39, 0.29) is 11.3 Å². The van der Waals surface area contributed by atoms with Crippen molar-refractivity contribution >= 4 is 0 Å². The summed E-state index contributed by atoms with van der Waals surface area (Å²) < 4.78 is 12.6. The van der Waals surface area contributed by atoms with Crippen molar-refractivity contribution in [1.82, 2.24) is 5.32 Å². The molecule has 98 valence electrons. The quantitative estimate of drug-likeness (QED) is 0.568. The minimum atomic E-state index is -0.285. The molecule has 2 spiro atoms. The third-order valence-electron chi connectivity index (χ3n) is 6.00. The Balaban J connectivity index is 1.41. The highest BCUT2D eigenvalue weighted by Crippen LogP contribution is 2.61. The molecular formula is C15H21NO2. The van der Waals surface area contributed by atoms with Crippen LogP contribution in [0.25, 0.3) is 0 Å². The molecule has 5 aliphatic rings. The van der Waals surface area contributed by atoms with Gasteiger partial charge in [-0.25, -0.2) is 0 Å². The number of piperidine rings is 1. The lowest BCUT2D eigenvalue weighted by atomic mass is 9.85. The van der Waals surface area contributed by atoms with Gasteiger partial charge < -0.3 is 9.47 Å². The second-order valence-electron chi connectivity index (χ2n) is 7.05. The summed E-state index contributed by atoms with van der Waals surface area (Å²) >= 11 is 0. The van der Waals surface area contributed by atoms with Gasteiger partial charge in [-0.1, -0.05) is 19.1 Å². The van der Waals surface area contributed by atoms with Crippen molar-refractivity contribution in [2.75, 3.05) is 6.61 Å². The summed E-state index contributed by atoms with van der Waals surface area (Å²) in [4.78, 5) is 0. The van der Waals surface area contributed by atoms with Crippen LogP contribution in [0.5, 0.6) is 0 Å². The van der Waals surface area contributed by atoms with E-state index in [1.165, 1.54) is 19.3 Å². The lowest BCUT2D eigenvalue weighted by molar-refractivity contribution is -0.170. The first-order chi connectivity index (χ1) is 8.74. The van der Waals surface area contributed by atoms with E-state index in [2.05, 4.69) is 24.4 Å². The van der Waals surface area contributed by atoms with E-state index in [4.69, 9.17) is 9.47 Å². The van der Waals surface area contributed by atoms with Gasteiger partial charge in [0.15, 0.2) is 5.79 Å². The summed E-state index contributed by atoms with van der Waals surface area (Å²) in [5.41, 5.74) is 0.238. The maximum Gasteiger partial charge on any atom is 0.186 e. The van der Waals surface area contributed by atoms with Crippen LogP contribution in [0.15, 0.2) is 12.2 Å². The lowest BCUT2D eigenvalue weighted by Crippen LogP contribution is -2.38. The highest BCUT2D eigenvalue weighted by Gasteiger charge is 2.75. The van der Waals surface area contributed by atoms with Crippen LogP contribution in [-0.4, -0.2) is 30.1 Å². The number of hydrogen-bond acceptors (Lipinski definition) is 3. The maximum absolute atomic E-state index is 6.43. The average molecular weight is 247 g/mol. The molecule has 0 aromatic carbocycles. The van der Waals surface area contributed by atoms with Gasteiger partial charge in [-0.05, 0) is 37.0 Å². The Kier molecular flexibility index (Phi) is 1.75. The fourth-order valence-corrected chi connectivity index (χ4v) is 4.75. The number of fused-ring (bicyclic) bond motifs is 1. The first kappa shape index (κ1) is 10.4. The van der Waals surface area contributed by atoms with Gasteiger partial charge >= 0.3 is 0 Å². The molecule has 3 nitrogen and oxygen atoms in total. The molecule has 1 N–H and O–H groups in total. The molecule has 3 heteroatoms. The molecule has 5 rings (SSSR count). The van der Waals surface area contributed by atoms with Gasteiger partial charge in [0.25, 0.3) is 0 Å². The number of hydrogen-bond donors (Lipinski definition) is 1. The average Bonchev–Trinajstić information content (AvgIpc) is 3.22. The molecule has 0 amide bonds. The summed E-state index contributed by atoms with van der Waals surface area (Å²) in [5, 5.41) is 3.67. The number of allylic oxidation sites excluding steroid dienone is 1. The number of nitrogens with one attached hydrogen (secondary N) is 1. The van der Waals surface area contributed by atoms with E-state index in [0.717, 1.165) is 30.8 Å². The van der Waals surface area contributed by atoms with Crippen molar-refractivity contribution in [1.29, 1.82) is 0 Å². The third kappa shape index (κ3) is 1.12. The molecule has 2 saturated heterocycles. The Morgan fingerprint density at radius 1 is 1.39 bits per heavy atom. The van der Waals surface area contributed by atoms with Gasteiger partial charge in [-0.3, -0.25) is 5.32 Å². The molecule has 2 heterocycles. The van der Waals surface area contributed by atoms with Gasteiger partial charge in [0.2, 0.25) is 0 Å². The van der Waals surface area contributed by atoms with Crippen LogP contribution in [0.2, 0.25) is 0 Å². The Bertz CT molecular complexity index is 436. The smallest absolute Gasteiger partial charge is 0.186 e. The van der Waals surface area contributed by atoms with Gasteiger partial charge in [-0.15, -0.1) is 0 Å². The molecule has 5 unspecified atom stereocenters. The highest BCUT2D eigenvalue weighted by atomic mass is 16.7. The van der Waals surface area contributed by atoms with Gasteiger partial charge in [-0.2, -0.15) is 0 Å². The lowest BCUT2D eigenvalue weighted by Gasteiger charge is -2.27. The molecular weight excluding hydrogens is 226 g/mol. The third-order valence-corrected chi connectivity index (χ3v) is 6.00. The van der Waals surface area contributed by atoms with E-state index in [9.17, 15) is 0 Å². The topological polar surface area (TPSA) is 40.4 Å². The summed E-state index contributed by atoms with van der Waals surface area (Å²) in [6, 6.07) is 0.422. The van der Waals surface area contributed by atoms with Crippen molar-refractivity contribution in [3.63, 3.8) is 0 Å². The normalized spacial score (nSPS) is 63.9. The van der Waals surface area contributed by atoms with Crippen molar-refractivity contribution < 1.29 is 9.47 Å². The summed E-state index contributed by atoms with van der Waals surface area (Å²) in [6.45, 7) is 3.15. The summed E-state index contributed by atoms with van der Waals surface area (Å²) in [7, 11) is 0. The van der Waals surface area contributed by atoms with Crippen LogP contribution in [-0.2, 0) is 9.47 Å². The van der Waals surface area contributed by atoms with Crippen LogP contribution in [0.3, 0.4) is 0 Å². The minimum Gasteiger partial charge on any atom is -0.346 e. The molecule has 2 aliphatic heterocycles. The van der Waals surface area contributed by atoms with Crippen LogP contribution >= 0.6 is 0 Å². The van der Waals surface area contributed by atoms with Crippen molar-refractivity contribution in [2.24, 2.45) is 17.8 Å². The van der Waals surface area contributed by atoms with Crippen LogP contribution in [0, 0.1) is 17.8 Å². The molecule has 0 bridgehead atoms. The van der Waals surface area contributed by atoms with E-state index < -0.39 is 0 Å². The van der Waals surface area contributed by atoms with Crippen molar-refractivity contribution in [2.45, 2.75) is 56.1 Å². The molecule has 0 radical (unpaired) electrons. The van der Waals surface area contributed by atoms with Crippen molar-refractivity contribution in [3.05, 3.63) is 12.2 Å². The Labute approximate surface area is 108 Å². The second kappa shape index (κ2) is 3.02. The molecule has 18 heavy (non-hydrogen) atoms. The van der Waals surface area contributed by atoms with E-state index in [1.54, 1.807) is 0 Å². The first-order valence-corrected chi connectivity index (χ1v) is 7.51. The maximum atomic E-state index is 6.43. The van der Waals surface area contributed by atoms with E-state index in [1.807, 2.05) is 0 Å². The minimum absolute atomic E-state index is 0.238. The zero-order chi connectivity index (χ0) is 12.0. The zero-order valence-corrected chi connectivity index (χ0v) is 10.9. The fourth-order valence-electron chi connectivity index (χ4n) is 4.75. The molecule has 2 saturated carbocycles. The zero-order valence-electron chi connectivity index (χ0n) is 10.9.